The van der Waals surface area contributed by atoms with Crippen LogP contribution in [0.15, 0.2) is 36.5 Å². The number of carbonyl (C=O) groups is 2. The van der Waals surface area contributed by atoms with Gasteiger partial charge in [0.1, 0.15) is 0 Å². The number of carboxylic acid groups (broad SMARTS) is 1. The van der Waals surface area contributed by atoms with Crippen LogP contribution in [0.5, 0.6) is 0 Å². The maximum absolute atomic E-state index is 11.9. The number of allylic oxidation sites excluding steroid dienone is 4. The molecule has 0 aromatic carbocycles. The molecule has 0 amide bonds. The molecule has 22 heavy (non-hydrogen) atoms. The van der Waals surface area contributed by atoms with E-state index in [0.717, 1.165) is 19.3 Å². The lowest BCUT2D eigenvalue weighted by Gasteiger charge is -2.14. The third kappa shape index (κ3) is 6.85. The van der Waals surface area contributed by atoms with Gasteiger partial charge in [-0.05, 0) is 37.7 Å². The second kappa shape index (κ2) is 10.1. The van der Waals surface area contributed by atoms with Gasteiger partial charge in [-0.2, -0.15) is 0 Å². The Labute approximate surface area is 132 Å². The van der Waals surface area contributed by atoms with Crippen molar-refractivity contribution in [1.29, 1.82) is 0 Å². The number of carbonyl (C=O) groups excluding carboxylic acids is 1. The summed E-state index contributed by atoms with van der Waals surface area (Å²) in [6.07, 6.45) is 14.3. The van der Waals surface area contributed by atoms with Crippen molar-refractivity contribution in [2.75, 3.05) is 0 Å². The highest BCUT2D eigenvalue weighted by Gasteiger charge is 2.27. The molecule has 0 radical (unpaired) electrons. The molecule has 0 aromatic heterocycles. The van der Waals surface area contributed by atoms with Gasteiger partial charge in [0.25, 0.3) is 0 Å². The molecule has 0 fully saturated rings. The minimum atomic E-state index is -0.780. The molecule has 1 rings (SSSR count). The standard InChI is InChI=1S/C18H26O4/c1-2-3-4-8-15(19)11-12-16-14(10-13-17(16)20)7-5-6-9-18(21)22/h3-4,10-16,19H,2,5-9H2,1H3,(H,21,22)/b4-3-,12-11+/t14-,15+,16-/m1/s1. The Balaban J connectivity index is 2.43. The van der Waals surface area contributed by atoms with Gasteiger partial charge in [0, 0.05) is 12.3 Å². The van der Waals surface area contributed by atoms with Crippen molar-refractivity contribution in [3.05, 3.63) is 36.5 Å². The monoisotopic (exact) mass is 306 g/mol. The highest BCUT2D eigenvalue weighted by Crippen LogP contribution is 2.28. The Kier molecular flexibility index (Phi) is 8.44. The quantitative estimate of drug-likeness (QED) is 0.480. The third-order valence-corrected chi connectivity index (χ3v) is 3.80. The number of aliphatic hydroxyl groups is 1. The number of aliphatic hydroxyl groups excluding tert-OH is 1. The van der Waals surface area contributed by atoms with Crippen molar-refractivity contribution >= 4 is 11.8 Å². The summed E-state index contributed by atoms with van der Waals surface area (Å²) < 4.78 is 0. The molecule has 2 N–H and O–H groups in total. The molecule has 122 valence electrons. The lowest BCUT2D eigenvalue weighted by molar-refractivity contribution is -0.137. The van der Waals surface area contributed by atoms with E-state index >= 15 is 0 Å². The SMILES string of the molecule is CC/C=C\C[C@H](O)/C=C/[C@H]1C(=O)C=C[C@H]1CCCCC(=O)O. The summed E-state index contributed by atoms with van der Waals surface area (Å²) in [7, 11) is 0. The van der Waals surface area contributed by atoms with Gasteiger partial charge in [0.05, 0.1) is 6.10 Å². The Morgan fingerprint density at radius 1 is 1.36 bits per heavy atom. The molecule has 0 spiro atoms. The Morgan fingerprint density at radius 3 is 2.82 bits per heavy atom. The fourth-order valence-corrected chi connectivity index (χ4v) is 2.56. The van der Waals surface area contributed by atoms with E-state index in [4.69, 9.17) is 5.11 Å². The molecule has 3 atom stereocenters. The highest BCUT2D eigenvalue weighted by atomic mass is 16.4. The zero-order chi connectivity index (χ0) is 16.4. The maximum Gasteiger partial charge on any atom is 0.303 e. The maximum atomic E-state index is 11.9. The van der Waals surface area contributed by atoms with Crippen LogP contribution in [0.25, 0.3) is 0 Å². The Hall–Kier alpha value is -1.68. The van der Waals surface area contributed by atoms with E-state index in [1.807, 2.05) is 25.2 Å². The molecule has 0 bridgehead atoms. The van der Waals surface area contributed by atoms with Crippen LogP contribution >= 0.6 is 0 Å². The zero-order valence-electron chi connectivity index (χ0n) is 13.1. The fourth-order valence-electron chi connectivity index (χ4n) is 2.56. The van der Waals surface area contributed by atoms with E-state index in [9.17, 15) is 14.7 Å². The number of hydrogen-bond donors (Lipinski definition) is 2. The third-order valence-electron chi connectivity index (χ3n) is 3.80. The first-order valence-corrected chi connectivity index (χ1v) is 7.99. The van der Waals surface area contributed by atoms with Crippen molar-refractivity contribution in [3.63, 3.8) is 0 Å². The molecule has 0 heterocycles. The summed E-state index contributed by atoms with van der Waals surface area (Å²) in [5.74, 6) is -0.806. The minimum absolute atomic E-state index is 0.0655. The summed E-state index contributed by atoms with van der Waals surface area (Å²) in [6.45, 7) is 2.04. The molecule has 4 nitrogen and oxygen atoms in total. The largest absolute Gasteiger partial charge is 0.481 e. The van der Waals surface area contributed by atoms with Crippen LogP contribution < -0.4 is 0 Å². The Morgan fingerprint density at radius 2 is 2.14 bits per heavy atom. The average Bonchev–Trinajstić information content (AvgIpc) is 2.82. The summed E-state index contributed by atoms with van der Waals surface area (Å²) in [4.78, 5) is 22.4. The lowest BCUT2D eigenvalue weighted by atomic mass is 9.89. The van der Waals surface area contributed by atoms with Crippen molar-refractivity contribution in [2.24, 2.45) is 11.8 Å². The van der Waals surface area contributed by atoms with Crippen LogP contribution in [0.2, 0.25) is 0 Å². The molecular weight excluding hydrogens is 280 g/mol. The molecule has 0 aliphatic heterocycles. The van der Waals surface area contributed by atoms with Gasteiger partial charge < -0.3 is 10.2 Å². The lowest BCUT2D eigenvalue weighted by Crippen LogP contribution is -2.14. The number of carboxylic acids is 1. The summed E-state index contributed by atoms with van der Waals surface area (Å²) in [6, 6.07) is 0. The van der Waals surface area contributed by atoms with Crippen LogP contribution in [0.3, 0.4) is 0 Å². The van der Waals surface area contributed by atoms with E-state index in [1.54, 1.807) is 18.2 Å². The minimum Gasteiger partial charge on any atom is -0.481 e. The van der Waals surface area contributed by atoms with E-state index in [-0.39, 0.29) is 24.0 Å². The van der Waals surface area contributed by atoms with E-state index < -0.39 is 12.1 Å². The molecule has 0 unspecified atom stereocenters. The first kappa shape index (κ1) is 18.4. The topological polar surface area (TPSA) is 74.6 Å². The van der Waals surface area contributed by atoms with Crippen LogP contribution in [0, 0.1) is 11.8 Å². The molecule has 1 aliphatic rings. The predicted molar refractivity (Wildman–Crippen MR) is 86.4 cm³/mol. The smallest absolute Gasteiger partial charge is 0.303 e. The summed E-state index contributed by atoms with van der Waals surface area (Å²) in [5, 5.41) is 18.5. The van der Waals surface area contributed by atoms with Crippen LogP contribution in [-0.4, -0.2) is 28.1 Å². The number of ketones is 1. The second-order valence-electron chi connectivity index (χ2n) is 5.66. The van der Waals surface area contributed by atoms with Gasteiger partial charge in [-0.15, -0.1) is 0 Å². The van der Waals surface area contributed by atoms with Crippen molar-refractivity contribution < 1.29 is 19.8 Å². The molecular formula is C18H26O4. The van der Waals surface area contributed by atoms with Gasteiger partial charge in [0.2, 0.25) is 0 Å². The molecule has 0 aromatic rings. The number of rotatable bonds is 10. The number of aliphatic carboxylic acids is 1. The summed E-state index contributed by atoms with van der Waals surface area (Å²) >= 11 is 0. The van der Waals surface area contributed by atoms with E-state index in [1.165, 1.54) is 0 Å². The predicted octanol–water partition coefficient (Wildman–Crippen LogP) is 3.28. The first-order chi connectivity index (χ1) is 10.5. The molecule has 4 heteroatoms. The van der Waals surface area contributed by atoms with Crippen LogP contribution in [0.4, 0.5) is 0 Å². The molecule has 0 saturated carbocycles. The second-order valence-corrected chi connectivity index (χ2v) is 5.66. The summed E-state index contributed by atoms with van der Waals surface area (Å²) in [5.41, 5.74) is 0. The van der Waals surface area contributed by atoms with Gasteiger partial charge in [-0.1, -0.05) is 43.7 Å². The highest BCUT2D eigenvalue weighted by molar-refractivity contribution is 5.95. The van der Waals surface area contributed by atoms with Crippen molar-refractivity contribution in [1.82, 2.24) is 0 Å². The van der Waals surface area contributed by atoms with Gasteiger partial charge >= 0.3 is 5.97 Å². The fraction of sp³-hybridized carbons (Fsp3) is 0.556. The number of hydrogen-bond acceptors (Lipinski definition) is 3. The van der Waals surface area contributed by atoms with Crippen LogP contribution in [0.1, 0.15) is 45.4 Å². The van der Waals surface area contributed by atoms with E-state index in [0.29, 0.717) is 12.8 Å². The van der Waals surface area contributed by atoms with Gasteiger partial charge in [-0.25, -0.2) is 0 Å². The van der Waals surface area contributed by atoms with Gasteiger partial charge in [-0.3, -0.25) is 9.59 Å². The van der Waals surface area contributed by atoms with Gasteiger partial charge in [0.15, 0.2) is 5.78 Å². The van der Waals surface area contributed by atoms with Crippen molar-refractivity contribution in [2.45, 2.75) is 51.6 Å². The average molecular weight is 306 g/mol. The van der Waals surface area contributed by atoms with E-state index in [2.05, 4.69) is 0 Å². The zero-order valence-corrected chi connectivity index (χ0v) is 13.1. The molecule has 1 aliphatic carbocycles. The number of unbranched alkanes of at least 4 members (excludes halogenated alkanes) is 1. The normalized spacial score (nSPS) is 22.9. The van der Waals surface area contributed by atoms with Crippen LogP contribution in [-0.2, 0) is 9.59 Å². The first-order valence-electron chi connectivity index (χ1n) is 7.99. The van der Waals surface area contributed by atoms with Crippen molar-refractivity contribution in [3.8, 4) is 0 Å². The molecule has 0 saturated heterocycles. The Bertz CT molecular complexity index is 448.